The molecule has 3 rings (SSSR count). The van der Waals surface area contributed by atoms with Crippen LogP contribution in [0.5, 0.6) is 0 Å². The van der Waals surface area contributed by atoms with E-state index < -0.39 is 6.10 Å². The number of nitrogens with zero attached hydrogens (tertiary/aromatic N) is 2. The number of hydrogen-bond donors (Lipinski definition) is 1. The summed E-state index contributed by atoms with van der Waals surface area (Å²) in [6, 6.07) is 12.2. The van der Waals surface area contributed by atoms with Crippen molar-refractivity contribution in [1.29, 1.82) is 0 Å². The Morgan fingerprint density at radius 2 is 2.22 bits per heavy atom. The molecule has 1 fully saturated rings. The highest BCUT2D eigenvalue weighted by Crippen LogP contribution is 2.31. The molecule has 0 bridgehead atoms. The van der Waals surface area contributed by atoms with E-state index in [1.54, 1.807) is 12.4 Å². The van der Waals surface area contributed by atoms with E-state index in [2.05, 4.69) is 47.7 Å². The summed E-state index contributed by atoms with van der Waals surface area (Å²) in [5.74, 6) is -0.561. The third-order valence-corrected chi connectivity index (χ3v) is 5.15. The molecule has 1 aromatic carbocycles. The molecule has 1 aliphatic rings. The second-order valence-electron chi connectivity index (χ2n) is 7.27. The van der Waals surface area contributed by atoms with Crippen LogP contribution in [0.3, 0.4) is 0 Å². The van der Waals surface area contributed by atoms with Crippen LogP contribution in [0.25, 0.3) is 11.1 Å². The summed E-state index contributed by atoms with van der Waals surface area (Å²) in [7, 11) is 0. The van der Waals surface area contributed by atoms with Gasteiger partial charge in [-0.1, -0.05) is 43.3 Å². The molecule has 0 aliphatic heterocycles. The first-order valence-corrected chi connectivity index (χ1v) is 9.16. The molecule has 1 N–H and O–H groups in total. The summed E-state index contributed by atoms with van der Waals surface area (Å²) in [6.07, 6.45) is 3.75. The van der Waals surface area contributed by atoms with Gasteiger partial charge in [0, 0.05) is 12.1 Å². The standard InChI is InChI=1S/C23H24N2O2/c1-14-10-18(21-6-5-9-24-17(21)4)7-8-20(14)16(3)13-25-23(27)22-12-19(26)11-15(22)2/h7-10,13,16,19,22,26H,2,11-12H2,1,3-4H3/b25-13+/t16-,19+,22-/m1/s1. The highest BCUT2D eigenvalue weighted by molar-refractivity contribution is 5.90. The molecule has 1 saturated carbocycles. The number of aryl methyl sites for hydroxylation is 2. The predicted octanol–water partition coefficient (Wildman–Crippen LogP) is 3.99. The van der Waals surface area contributed by atoms with Crippen LogP contribution in [0.15, 0.2) is 41.5 Å². The molecule has 0 radical (unpaired) electrons. The van der Waals surface area contributed by atoms with Crippen LogP contribution in [0, 0.1) is 31.9 Å². The van der Waals surface area contributed by atoms with E-state index in [-0.39, 0.29) is 17.7 Å². The van der Waals surface area contributed by atoms with E-state index in [1.165, 1.54) is 0 Å². The second-order valence-corrected chi connectivity index (χ2v) is 7.27. The van der Waals surface area contributed by atoms with Crippen molar-refractivity contribution < 1.29 is 9.90 Å². The molecule has 27 heavy (non-hydrogen) atoms. The van der Waals surface area contributed by atoms with Gasteiger partial charge in [-0.25, -0.2) is 4.99 Å². The number of carbonyl (C=O) groups is 1. The SMILES string of the molecule is C=C1C[C@H](O)C[C@H]1C(=O)/N=C/[C@@H](C)c1ccc(-c2c#ccnc2C)cc1C. The molecule has 1 heterocycles. The Hall–Kier alpha value is -2.77. The molecule has 1 aromatic heterocycles. The summed E-state index contributed by atoms with van der Waals surface area (Å²) in [5, 5.41) is 9.68. The maximum absolute atomic E-state index is 12.3. The second kappa shape index (κ2) is 7.85. The van der Waals surface area contributed by atoms with Crippen LogP contribution in [0.2, 0.25) is 0 Å². The van der Waals surface area contributed by atoms with Gasteiger partial charge in [-0.05, 0) is 49.4 Å². The Kier molecular flexibility index (Phi) is 5.53. The highest BCUT2D eigenvalue weighted by Gasteiger charge is 2.31. The number of amides is 1. The molecule has 0 saturated heterocycles. The van der Waals surface area contributed by atoms with Crippen molar-refractivity contribution in [2.75, 3.05) is 0 Å². The van der Waals surface area contributed by atoms with Crippen molar-refractivity contribution in [2.24, 2.45) is 10.9 Å². The Morgan fingerprint density at radius 1 is 1.44 bits per heavy atom. The van der Waals surface area contributed by atoms with E-state index in [4.69, 9.17) is 0 Å². The smallest absolute Gasteiger partial charge is 0.252 e. The molecule has 1 aliphatic carbocycles. The summed E-state index contributed by atoms with van der Waals surface area (Å²) < 4.78 is 0. The Labute approximate surface area is 160 Å². The first-order valence-electron chi connectivity index (χ1n) is 9.16. The number of aromatic nitrogens is 1. The Bertz CT molecular complexity index is 901. The number of hydrogen-bond acceptors (Lipinski definition) is 3. The van der Waals surface area contributed by atoms with Gasteiger partial charge < -0.3 is 5.11 Å². The summed E-state index contributed by atoms with van der Waals surface area (Å²) >= 11 is 0. The lowest BCUT2D eigenvalue weighted by molar-refractivity contribution is -0.120. The zero-order chi connectivity index (χ0) is 19.6. The first kappa shape index (κ1) is 19.0. The number of rotatable bonds is 4. The van der Waals surface area contributed by atoms with E-state index in [9.17, 15) is 9.90 Å². The van der Waals surface area contributed by atoms with Crippen LogP contribution < -0.4 is 0 Å². The maximum atomic E-state index is 12.3. The quantitative estimate of drug-likeness (QED) is 0.662. The molecule has 0 unspecified atom stereocenters. The fourth-order valence-electron chi connectivity index (χ4n) is 3.61. The molecule has 1 amide bonds. The minimum Gasteiger partial charge on any atom is -0.393 e. The van der Waals surface area contributed by atoms with E-state index in [1.807, 2.05) is 19.9 Å². The van der Waals surface area contributed by atoms with E-state index in [0.29, 0.717) is 12.8 Å². The van der Waals surface area contributed by atoms with Crippen LogP contribution in [0.1, 0.15) is 42.5 Å². The normalized spacial score (nSPS) is 20.7. The van der Waals surface area contributed by atoms with Crippen LogP contribution in [0.4, 0.5) is 0 Å². The average molecular weight is 360 g/mol. The van der Waals surface area contributed by atoms with Gasteiger partial charge in [0.1, 0.15) is 0 Å². The molecule has 0 spiro atoms. The molecular formula is C23H24N2O2. The van der Waals surface area contributed by atoms with Gasteiger partial charge in [0.15, 0.2) is 0 Å². The van der Waals surface area contributed by atoms with E-state index in [0.717, 1.165) is 33.5 Å². The zero-order valence-corrected chi connectivity index (χ0v) is 16.0. The van der Waals surface area contributed by atoms with Crippen molar-refractivity contribution >= 4 is 12.1 Å². The fraction of sp³-hybridized carbons (Fsp3) is 0.348. The van der Waals surface area contributed by atoms with Gasteiger partial charge >= 0.3 is 0 Å². The molecular weight excluding hydrogens is 336 g/mol. The summed E-state index contributed by atoms with van der Waals surface area (Å²) in [5.41, 5.74) is 5.93. The summed E-state index contributed by atoms with van der Waals surface area (Å²) in [4.78, 5) is 20.7. The zero-order valence-electron chi connectivity index (χ0n) is 16.0. The van der Waals surface area contributed by atoms with Gasteiger partial charge in [-0.2, -0.15) is 0 Å². The lowest BCUT2D eigenvalue weighted by Crippen LogP contribution is -2.12. The lowest BCUT2D eigenvalue weighted by Gasteiger charge is -2.13. The maximum Gasteiger partial charge on any atom is 0.252 e. The van der Waals surface area contributed by atoms with Gasteiger partial charge in [-0.15, -0.1) is 0 Å². The molecule has 3 atom stereocenters. The number of aliphatic hydroxyl groups excluding tert-OH is 1. The minimum absolute atomic E-state index is 0.00753. The van der Waals surface area contributed by atoms with Gasteiger partial charge in [0.2, 0.25) is 0 Å². The summed E-state index contributed by atoms with van der Waals surface area (Å²) in [6.45, 7) is 9.91. The third-order valence-electron chi connectivity index (χ3n) is 5.15. The van der Waals surface area contributed by atoms with Crippen molar-refractivity contribution in [3.63, 3.8) is 0 Å². The largest absolute Gasteiger partial charge is 0.393 e. The molecule has 138 valence electrons. The fourth-order valence-corrected chi connectivity index (χ4v) is 3.61. The average Bonchev–Trinajstić information content (AvgIpc) is 2.98. The van der Waals surface area contributed by atoms with Crippen molar-refractivity contribution in [3.8, 4) is 11.1 Å². The Balaban J connectivity index is 1.75. The van der Waals surface area contributed by atoms with Gasteiger partial charge in [-0.3, -0.25) is 9.78 Å². The van der Waals surface area contributed by atoms with E-state index >= 15 is 0 Å². The highest BCUT2D eigenvalue weighted by atomic mass is 16.3. The lowest BCUT2D eigenvalue weighted by atomic mass is 9.93. The molecule has 2 aromatic rings. The number of aliphatic imine (C=N–C) groups is 1. The van der Waals surface area contributed by atoms with Crippen LogP contribution >= 0.6 is 0 Å². The Morgan fingerprint density at radius 3 is 2.85 bits per heavy atom. The molecule has 4 heteroatoms. The van der Waals surface area contributed by atoms with Crippen molar-refractivity contribution in [3.05, 3.63) is 65.5 Å². The van der Waals surface area contributed by atoms with Crippen molar-refractivity contribution in [2.45, 2.75) is 45.6 Å². The van der Waals surface area contributed by atoms with Gasteiger partial charge in [0.25, 0.3) is 5.91 Å². The van der Waals surface area contributed by atoms with Crippen LogP contribution in [-0.4, -0.2) is 28.3 Å². The third kappa shape index (κ3) is 4.15. The first-order chi connectivity index (χ1) is 12.9. The number of benzene rings is 1. The predicted molar refractivity (Wildman–Crippen MR) is 107 cm³/mol. The number of aliphatic hydroxyl groups is 1. The monoisotopic (exact) mass is 360 g/mol. The molecule has 4 nitrogen and oxygen atoms in total. The van der Waals surface area contributed by atoms with Gasteiger partial charge in [0.05, 0.1) is 29.5 Å². The number of carbonyl (C=O) groups excluding carboxylic acids is 1. The topological polar surface area (TPSA) is 62.5 Å². The minimum atomic E-state index is -0.473. The van der Waals surface area contributed by atoms with Crippen LogP contribution in [-0.2, 0) is 4.79 Å². The van der Waals surface area contributed by atoms with Crippen molar-refractivity contribution in [1.82, 2.24) is 4.98 Å².